The molecule has 5 heteroatoms. The first-order valence-electron chi connectivity index (χ1n) is 5.73. The molecule has 0 spiro atoms. The maximum Gasteiger partial charge on any atom is 0.303 e. The van der Waals surface area contributed by atoms with Crippen molar-refractivity contribution >= 4 is 11.9 Å². The monoisotopic (exact) mass is 229 g/mol. The number of carboxylic acid groups (broad SMARTS) is 1. The first kappa shape index (κ1) is 13.0. The van der Waals surface area contributed by atoms with Crippen LogP contribution in [0.15, 0.2) is 0 Å². The summed E-state index contributed by atoms with van der Waals surface area (Å²) in [4.78, 5) is 22.1. The van der Waals surface area contributed by atoms with E-state index in [-0.39, 0.29) is 12.8 Å². The smallest absolute Gasteiger partial charge is 0.303 e. The van der Waals surface area contributed by atoms with Gasteiger partial charge in [-0.2, -0.15) is 0 Å². The van der Waals surface area contributed by atoms with Crippen LogP contribution in [-0.2, 0) is 9.59 Å². The highest BCUT2D eigenvalue weighted by Crippen LogP contribution is 2.41. The standard InChI is InChI=1S/C11H19NO4/c13-9(12-16)7-11(8-10(14)15)5-3-1-2-4-6-11/h16H,1-8H2,(H,12,13)(H,14,15). The molecule has 1 fully saturated rings. The van der Waals surface area contributed by atoms with E-state index in [1.54, 1.807) is 5.48 Å². The third kappa shape index (κ3) is 3.81. The second-order valence-corrected chi connectivity index (χ2v) is 4.70. The molecule has 3 N–H and O–H groups in total. The maximum atomic E-state index is 11.2. The number of hydrogen-bond donors (Lipinski definition) is 3. The number of rotatable bonds is 4. The largest absolute Gasteiger partial charge is 0.481 e. The SMILES string of the molecule is O=C(O)CC1(CC(=O)NO)CCCCCC1. The molecule has 0 bridgehead atoms. The van der Waals surface area contributed by atoms with E-state index in [4.69, 9.17) is 10.3 Å². The Balaban J connectivity index is 2.72. The van der Waals surface area contributed by atoms with E-state index in [0.717, 1.165) is 38.5 Å². The fourth-order valence-electron chi connectivity index (χ4n) is 2.60. The normalized spacial score (nSPS) is 19.8. The Bertz CT molecular complexity index is 257. The van der Waals surface area contributed by atoms with Gasteiger partial charge in [-0.15, -0.1) is 0 Å². The summed E-state index contributed by atoms with van der Waals surface area (Å²) >= 11 is 0. The molecule has 1 aliphatic carbocycles. The number of carbonyl (C=O) groups excluding carboxylic acids is 1. The number of hydroxylamine groups is 1. The Morgan fingerprint density at radius 2 is 1.62 bits per heavy atom. The van der Waals surface area contributed by atoms with Crippen LogP contribution in [0.4, 0.5) is 0 Å². The van der Waals surface area contributed by atoms with Crippen molar-refractivity contribution in [1.82, 2.24) is 5.48 Å². The predicted molar refractivity (Wildman–Crippen MR) is 56.9 cm³/mol. The van der Waals surface area contributed by atoms with E-state index in [0.29, 0.717) is 0 Å². The van der Waals surface area contributed by atoms with Crippen LogP contribution in [0.1, 0.15) is 51.4 Å². The van der Waals surface area contributed by atoms with Gasteiger partial charge in [-0.05, 0) is 18.3 Å². The minimum Gasteiger partial charge on any atom is -0.481 e. The third-order valence-corrected chi connectivity index (χ3v) is 3.35. The number of carboxylic acids is 1. The number of nitrogens with one attached hydrogen (secondary N) is 1. The Hall–Kier alpha value is -1.10. The van der Waals surface area contributed by atoms with E-state index in [2.05, 4.69) is 0 Å². The minimum absolute atomic E-state index is 0.0143. The minimum atomic E-state index is -0.868. The second kappa shape index (κ2) is 5.84. The molecule has 0 heterocycles. The Labute approximate surface area is 94.8 Å². The molecule has 0 aromatic heterocycles. The molecule has 1 aliphatic rings. The average molecular weight is 229 g/mol. The van der Waals surface area contributed by atoms with Crippen molar-refractivity contribution in [2.75, 3.05) is 0 Å². The van der Waals surface area contributed by atoms with Crippen molar-refractivity contribution in [2.24, 2.45) is 5.41 Å². The van der Waals surface area contributed by atoms with Gasteiger partial charge in [0, 0.05) is 6.42 Å². The molecule has 16 heavy (non-hydrogen) atoms. The van der Waals surface area contributed by atoms with E-state index in [9.17, 15) is 9.59 Å². The zero-order valence-corrected chi connectivity index (χ0v) is 9.37. The lowest BCUT2D eigenvalue weighted by atomic mass is 9.74. The third-order valence-electron chi connectivity index (χ3n) is 3.35. The number of carbonyl (C=O) groups is 2. The lowest BCUT2D eigenvalue weighted by molar-refractivity contribution is -0.141. The number of amides is 1. The van der Waals surface area contributed by atoms with Crippen LogP contribution in [0.25, 0.3) is 0 Å². The molecule has 0 saturated heterocycles. The van der Waals surface area contributed by atoms with Gasteiger partial charge in [0.2, 0.25) is 5.91 Å². The van der Waals surface area contributed by atoms with Crippen molar-refractivity contribution < 1.29 is 19.9 Å². The predicted octanol–water partition coefficient (Wildman–Crippen LogP) is 1.70. The van der Waals surface area contributed by atoms with Crippen LogP contribution in [-0.4, -0.2) is 22.2 Å². The molecule has 0 aromatic rings. The quantitative estimate of drug-likeness (QED) is 0.389. The summed E-state index contributed by atoms with van der Waals surface area (Å²) in [5.74, 6) is -1.35. The van der Waals surface area contributed by atoms with E-state index >= 15 is 0 Å². The first-order chi connectivity index (χ1) is 7.58. The summed E-state index contributed by atoms with van der Waals surface area (Å²) < 4.78 is 0. The molecule has 0 unspecified atom stereocenters. The lowest BCUT2D eigenvalue weighted by Crippen LogP contribution is -2.32. The first-order valence-corrected chi connectivity index (χ1v) is 5.73. The molecule has 1 amide bonds. The van der Waals surface area contributed by atoms with Crippen molar-refractivity contribution in [3.63, 3.8) is 0 Å². The molecule has 0 aliphatic heterocycles. The summed E-state index contributed by atoms with van der Waals surface area (Å²) in [5.41, 5.74) is 1.14. The molecule has 1 saturated carbocycles. The van der Waals surface area contributed by atoms with Gasteiger partial charge in [0.05, 0.1) is 6.42 Å². The van der Waals surface area contributed by atoms with Gasteiger partial charge in [0.25, 0.3) is 0 Å². The highest BCUT2D eigenvalue weighted by atomic mass is 16.5. The Morgan fingerprint density at radius 1 is 1.06 bits per heavy atom. The highest BCUT2D eigenvalue weighted by molar-refractivity contribution is 5.77. The molecular weight excluding hydrogens is 210 g/mol. The van der Waals surface area contributed by atoms with Gasteiger partial charge < -0.3 is 5.11 Å². The number of aliphatic carboxylic acids is 1. The molecule has 0 aromatic carbocycles. The van der Waals surface area contributed by atoms with Crippen molar-refractivity contribution in [1.29, 1.82) is 0 Å². The van der Waals surface area contributed by atoms with E-state index < -0.39 is 17.3 Å². The molecule has 1 rings (SSSR count). The van der Waals surface area contributed by atoms with Crippen LogP contribution in [0.5, 0.6) is 0 Å². The van der Waals surface area contributed by atoms with Crippen LogP contribution >= 0.6 is 0 Å². The lowest BCUT2D eigenvalue weighted by Gasteiger charge is -2.30. The van der Waals surface area contributed by atoms with Crippen LogP contribution in [0.2, 0.25) is 0 Å². The summed E-state index contributed by atoms with van der Waals surface area (Å²) in [5, 5.41) is 17.5. The molecule has 0 radical (unpaired) electrons. The van der Waals surface area contributed by atoms with Crippen molar-refractivity contribution in [3.8, 4) is 0 Å². The molecular formula is C11H19NO4. The fraction of sp³-hybridized carbons (Fsp3) is 0.818. The van der Waals surface area contributed by atoms with Gasteiger partial charge in [-0.1, -0.05) is 25.7 Å². The van der Waals surface area contributed by atoms with Gasteiger partial charge in [-0.25, -0.2) is 5.48 Å². The Morgan fingerprint density at radius 3 is 2.06 bits per heavy atom. The summed E-state index contributed by atoms with van der Waals surface area (Å²) in [6.45, 7) is 0. The van der Waals surface area contributed by atoms with Crippen molar-refractivity contribution in [3.05, 3.63) is 0 Å². The van der Waals surface area contributed by atoms with Gasteiger partial charge in [-0.3, -0.25) is 14.8 Å². The summed E-state index contributed by atoms with van der Waals surface area (Å²) in [6, 6.07) is 0. The molecule has 5 nitrogen and oxygen atoms in total. The zero-order valence-electron chi connectivity index (χ0n) is 9.37. The molecule has 92 valence electrons. The van der Waals surface area contributed by atoms with E-state index in [1.165, 1.54) is 0 Å². The van der Waals surface area contributed by atoms with Crippen molar-refractivity contribution in [2.45, 2.75) is 51.4 Å². The highest BCUT2D eigenvalue weighted by Gasteiger charge is 2.35. The van der Waals surface area contributed by atoms with E-state index in [1.807, 2.05) is 0 Å². The summed E-state index contributed by atoms with van der Waals surface area (Å²) in [6.07, 6.45) is 5.76. The van der Waals surface area contributed by atoms with Gasteiger partial charge in [0.15, 0.2) is 0 Å². The second-order valence-electron chi connectivity index (χ2n) is 4.70. The molecule has 0 atom stereocenters. The Kier molecular flexibility index (Phi) is 4.73. The topological polar surface area (TPSA) is 86.6 Å². The van der Waals surface area contributed by atoms with Gasteiger partial charge >= 0.3 is 5.97 Å². The fourth-order valence-corrected chi connectivity index (χ4v) is 2.60. The van der Waals surface area contributed by atoms with Crippen LogP contribution < -0.4 is 5.48 Å². The van der Waals surface area contributed by atoms with Crippen LogP contribution in [0.3, 0.4) is 0 Å². The average Bonchev–Trinajstić information content (AvgIpc) is 2.42. The maximum absolute atomic E-state index is 11.2. The summed E-state index contributed by atoms with van der Waals surface area (Å²) in [7, 11) is 0. The van der Waals surface area contributed by atoms with Crippen LogP contribution in [0, 0.1) is 5.41 Å². The zero-order chi connectivity index (χ0) is 12.0. The van der Waals surface area contributed by atoms with Gasteiger partial charge in [0.1, 0.15) is 0 Å². The number of hydrogen-bond acceptors (Lipinski definition) is 3.